The summed E-state index contributed by atoms with van der Waals surface area (Å²) in [5.74, 6) is 0. The number of benzene rings is 1. The van der Waals surface area contributed by atoms with Gasteiger partial charge in [0.1, 0.15) is 0 Å². The van der Waals surface area contributed by atoms with Gasteiger partial charge >= 0.3 is 0 Å². The van der Waals surface area contributed by atoms with Crippen molar-refractivity contribution < 1.29 is 0 Å². The minimum atomic E-state index is 0.351. The molecule has 96 valence electrons. The molecular weight excluding hydrogens is 244 g/mol. The second-order valence-electron chi connectivity index (χ2n) is 4.12. The molecule has 5 heteroatoms. The molecule has 1 N–H and O–H groups in total. The summed E-state index contributed by atoms with van der Waals surface area (Å²) in [5.41, 5.74) is 1.31. The predicted molar refractivity (Wildman–Crippen MR) is 74.7 cm³/mol. The van der Waals surface area contributed by atoms with Gasteiger partial charge in [0.25, 0.3) is 0 Å². The number of aromatic nitrogens is 3. The van der Waals surface area contributed by atoms with E-state index in [1.54, 1.807) is 18.0 Å². The van der Waals surface area contributed by atoms with Crippen LogP contribution < -0.4 is 5.32 Å². The lowest BCUT2D eigenvalue weighted by molar-refractivity contribution is 0.499. The number of rotatable bonds is 6. The van der Waals surface area contributed by atoms with Crippen LogP contribution in [-0.4, -0.2) is 27.8 Å². The van der Waals surface area contributed by atoms with Gasteiger partial charge in [0.05, 0.1) is 12.7 Å². The zero-order valence-electron chi connectivity index (χ0n) is 10.7. The van der Waals surface area contributed by atoms with Gasteiger partial charge < -0.3 is 5.32 Å². The van der Waals surface area contributed by atoms with Gasteiger partial charge in [0.15, 0.2) is 0 Å². The Kier molecular flexibility index (Phi) is 4.78. The van der Waals surface area contributed by atoms with E-state index < -0.39 is 0 Å². The fourth-order valence-corrected chi connectivity index (χ4v) is 2.17. The summed E-state index contributed by atoms with van der Waals surface area (Å²) in [5, 5.41) is 11.2. The van der Waals surface area contributed by atoms with Gasteiger partial charge in [-0.3, -0.25) is 4.68 Å². The molecule has 1 heterocycles. The molecule has 0 bridgehead atoms. The van der Waals surface area contributed by atoms with Gasteiger partial charge in [-0.2, -0.15) is 0 Å². The Balaban J connectivity index is 1.81. The van der Waals surface area contributed by atoms with Gasteiger partial charge in [-0.25, -0.2) is 0 Å². The van der Waals surface area contributed by atoms with Gasteiger partial charge in [-0.05, 0) is 30.9 Å². The maximum absolute atomic E-state index is 3.93. The monoisotopic (exact) mass is 262 g/mol. The Labute approximate surface area is 112 Å². The van der Waals surface area contributed by atoms with Gasteiger partial charge in [0, 0.05) is 23.7 Å². The molecule has 18 heavy (non-hydrogen) atoms. The van der Waals surface area contributed by atoms with Crippen molar-refractivity contribution in [1.29, 1.82) is 0 Å². The average Bonchev–Trinajstić information content (AvgIpc) is 2.92. The van der Waals surface area contributed by atoms with Crippen molar-refractivity contribution in [1.82, 2.24) is 20.3 Å². The topological polar surface area (TPSA) is 42.7 Å². The van der Waals surface area contributed by atoms with Crippen molar-refractivity contribution in [2.24, 2.45) is 0 Å². The minimum Gasteiger partial charge on any atom is -0.308 e. The summed E-state index contributed by atoms with van der Waals surface area (Å²) in [4.78, 5) is 1.30. The smallest absolute Gasteiger partial charge is 0.0692 e. The van der Waals surface area contributed by atoms with E-state index in [4.69, 9.17) is 0 Å². The summed E-state index contributed by atoms with van der Waals surface area (Å²) in [6.45, 7) is 3.90. The molecule has 0 saturated heterocycles. The van der Waals surface area contributed by atoms with E-state index in [1.165, 1.54) is 10.5 Å². The highest BCUT2D eigenvalue weighted by Gasteiger charge is 2.04. The zero-order chi connectivity index (χ0) is 12.8. The van der Waals surface area contributed by atoms with E-state index >= 15 is 0 Å². The van der Waals surface area contributed by atoms with Crippen LogP contribution in [0.5, 0.6) is 0 Å². The molecule has 0 radical (unpaired) electrons. The van der Waals surface area contributed by atoms with Crippen LogP contribution in [0.3, 0.4) is 0 Å². The molecule has 0 aliphatic carbocycles. The Bertz CT molecular complexity index is 452. The quantitative estimate of drug-likeness (QED) is 0.812. The molecule has 1 atom stereocenters. The SMILES string of the molecule is CSc1ccc(C(C)NCCn2ccnn2)cc1. The predicted octanol–water partition coefficient (Wildman–Crippen LogP) is 2.35. The van der Waals surface area contributed by atoms with Crippen LogP contribution >= 0.6 is 11.8 Å². The van der Waals surface area contributed by atoms with Gasteiger partial charge in [-0.1, -0.05) is 17.3 Å². The maximum atomic E-state index is 3.93. The average molecular weight is 262 g/mol. The molecule has 2 aromatic rings. The maximum Gasteiger partial charge on any atom is 0.0692 e. The first-order valence-corrected chi connectivity index (χ1v) is 7.23. The van der Waals surface area contributed by atoms with Crippen LogP contribution in [0.15, 0.2) is 41.6 Å². The van der Waals surface area contributed by atoms with Crippen molar-refractivity contribution in [3.63, 3.8) is 0 Å². The summed E-state index contributed by atoms with van der Waals surface area (Å²) in [6.07, 6.45) is 5.67. The lowest BCUT2D eigenvalue weighted by atomic mass is 10.1. The second-order valence-corrected chi connectivity index (χ2v) is 4.99. The fourth-order valence-electron chi connectivity index (χ4n) is 1.76. The third-order valence-electron chi connectivity index (χ3n) is 2.88. The molecule has 0 amide bonds. The highest BCUT2D eigenvalue weighted by atomic mass is 32.2. The lowest BCUT2D eigenvalue weighted by Crippen LogP contribution is -2.23. The Hall–Kier alpha value is -1.33. The van der Waals surface area contributed by atoms with E-state index in [9.17, 15) is 0 Å². The van der Waals surface area contributed by atoms with Crippen molar-refractivity contribution >= 4 is 11.8 Å². The van der Waals surface area contributed by atoms with Crippen LogP contribution in [0, 0.1) is 0 Å². The Morgan fingerprint density at radius 1 is 1.33 bits per heavy atom. The summed E-state index contributed by atoms with van der Waals surface area (Å²) in [7, 11) is 0. The van der Waals surface area contributed by atoms with Gasteiger partial charge in [-0.15, -0.1) is 16.9 Å². The van der Waals surface area contributed by atoms with Crippen LogP contribution in [0.25, 0.3) is 0 Å². The Morgan fingerprint density at radius 2 is 2.11 bits per heavy atom. The number of nitrogens with zero attached hydrogens (tertiary/aromatic N) is 3. The normalized spacial score (nSPS) is 12.6. The number of nitrogens with one attached hydrogen (secondary N) is 1. The number of hydrogen-bond donors (Lipinski definition) is 1. The molecule has 4 nitrogen and oxygen atoms in total. The first kappa shape index (κ1) is 13.1. The molecule has 0 aliphatic rings. The summed E-state index contributed by atoms with van der Waals surface area (Å²) < 4.78 is 1.83. The molecule has 0 saturated carbocycles. The molecule has 0 fully saturated rings. The van der Waals surface area contributed by atoms with E-state index in [1.807, 2.05) is 10.9 Å². The highest BCUT2D eigenvalue weighted by molar-refractivity contribution is 7.98. The molecule has 1 aromatic carbocycles. The molecule has 2 rings (SSSR count). The van der Waals surface area contributed by atoms with E-state index in [2.05, 4.69) is 53.1 Å². The first-order chi connectivity index (χ1) is 8.79. The van der Waals surface area contributed by atoms with Crippen LogP contribution in [-0.2, 0) is 6.54 Å². The van der Waals surface area contributed by atoms with E-state index in [-0.39, 0.29) is 0 Å². The molecule has 0 aliphatic heterocycles. The van der Waals surface area contributed by atoms with Crippen molar-refractivity contribution in [3.05, 3.63) is 42.2 Å². The van der Waals surface area contributed by atoms with Crippen molar-refractivity contribution in [2.75, 3.05) is 12.8 Å². The zero-order valence-corrected chi connectivity index (χ0v) is 11.5. The number of hydrogen-bond acceptors (Lipinski definition) is 4. The Morgan fingerprint density at radius 3 is 2.72 bits per heavy atom. The van der Waals surface area contributed by atoms with E-state index in [0.29, 0.717) is 6.04 Å². The molecule has 1 aromatic heterocycles. The summed E-state index contributed by atoms with van der Waals surface area (Å²) in [6, 6.07) is 9.03. The number of thioether (sulfide) groups is 1. The van der Waals surface area contributed by atoms with Crippen molar-refractivity contribution in [3.8, 4) is 0 Å². The lowest BCUT2D eigenvalue weighted by Gasteiger charge is -2.14. The molecule has 0 spiro atoms. The third kappa shape index (κ3) is 3.58. The first-order valence-electron chi connectivity index (χ1n) is 6.01. The van der Waals surface area contributed by atoms with Crippen LogP contribution in [0.2, 0.25) is 0 Å². The largest absolute Gasteiger partial charge is 0.308 e. The van der Waals surface area contributed by atoms with Crippen molar-refractivity contribution in [2.45, 2.75) is 24.4 Å². The fraction of sp³-hybridized carbons (Fsp3) is 0.385. The minimum absolute atomic E-state index is 0.351. The van der Waals surface area contributed by atoms with Gasteiger partial charge in [0.2, 0.25) is 0 Å². The standard InChI is InChI=1S/C13H18N4S/c1-11(12-3-5-13(18-2)6-4-12)14-7-9-17-10-8-15-16-17/h3-6,8,10-11,14H,7,9H2,1-2H3. The van der Waals surface area contributed by atoms with Crippen LogP contribution in [0.4, 0.5) is 0 Å². The van der Waals surface area contributed by atoms with E-state index in [0.717, 1.165) is 13.1 Å². The highest BCUT2D eigenvalue weighted by Crippen LogP contribution is 2.18. The molecule has 1 unspecified atom stereocenters. The second kappa shape index (κ2) is 6.56. The molecular formula is C13H18N4S. The summed E-state index contributed by atoms with van der Waals surface area (Å²) >= 11 is 1.77. The van der Waals surface area contributed by atoms with Crippen LogP contribution in [0.1, 0.15) is 18.5 Å². The third-order valence-corrected chi connectivity index (χ3v) is 3.62.